The summed E-state index contributed by atoms with van der Waals surface area (Å²) in [6, 6.07) is 6.85. The van der Waals surface area contributed by atoms with E-state index in [1.165, 1.54) is 29.3 Å². The molecule has 0 unspecified atom stereocenters. The molecule has 0 saturated carbocycles. The SMILES string of the molecule is CC(C)N(c1ccnc(N)n1)c1ccc(C#N)cc1OC(F)(F)F. The highest BCUT2D eigenvalue weighted by atomic mass is 19.4. The third kappa shape index (κ3) is 4.04. The highest BCUT2D eigenvalue weighted by molar-refractivity contribution is 5.69. The highest BCUT2D eigenvalue weighted by Gasteiger charge is 2.33. The van der Waals surface area contributed by atoms with Gasteiger partial charge >= 0.3 is 6.36 Å². The van der Waals surface area contributed by atoms with Gasteiger partial charge in [0.25, 0.3) is 0 Å². The van der Waals surface area contributed by atoms with Crippen LogP contribution in [0.5, 0.6) is 5.75 Å². The van der Waals surface area contributed by atoms with Crippen LogP contribution in [0.25, 0.3) is 0 Å². The molecule has 0 aliphatic rings. The lowest BCUT2D eigenvalue weighted by molar-refractivity contribution is -0.274. The Morgan fingerprint density at radius 2 is 2.00 bits per heavy atom. The van der Waals surface area contributed by atoms with E-state index in [9.17, 15) is 13.2 Å². The zero-order chi connectivity index (χ0) is 17.9. The van der Waals surface area contributed by atoms with E-state index in [1.54, 1.807) is 19.9 Å². The van der Waals surface area contributed by atoms with E-state index in [-0.39, 0.29) is 23.2 Å². The number of anilines is 3. The third-order valence-electron chi connectivity index (χ3n) is 3.00. The van der Waals surface area contributed by atoms with E-state index in [0.29, 0.717) is 5.82 Å². The Labute approximate surface area is 136 Å². The summed E-state index contributed by atoms with van der Waals surface area (Å²) in [7, 11) is 0. The third-order valence-corrected chi connectivity index (χ3v) is 3.00. The van der Waals surface area contributed by atoms with Crippen molar-refractivity contribution in [1.82, 2.24) is 9.97 Å². The van der Waals surface area contributed by atoms with Crippen LogP contribution in [0.3, 0.4) is 0 Å². The lowest BCUT2D eigenvalue weighted by Crippen LogP contribution is -2.28. The first-order chi connectivity index (χ1) is 11.2. The second kappa shape index (κ2) is 6.62. The summed E-state index contributed by atoms with van der Waals surface area (Å²) in [5.74, 6) is -0.188. The quantitative estimate of drug-likeness (QED) is 0.920. The Kier molecular flexibility index (Phi) is 4.78. The van der Waals surface area contributed by atoms with Gasteiger partial charge in [0.15, 0.2) is 5.75 Å². The normalized spacial score (nSPS) is 11.2. The van der Waals surface area contributed by atoms with Crippen molar-refractivity contribution in [3.05, 3.63) is 36.0 Å². The highest BCUT2D eigenvalue weighted by Crippen LogP contribution is 2.38. The first-order valence-electron chi connectivity index (χ1n) is 6.89. The zero-order valence-electron chi connectivity index (χ0n) is 12.9. The van der Waals surface area contributed by atoms with Gasteiger partial charge in [0.2, 0.25) is 5.95 Å². The summed E-state index contributed by atoms with van der Waals surface area (Å²) in [6.07, 6.45) is -3.49. The van der Waals surface area contributed by atoms with Crippen molar-refractivity contribution in [1.29, 1.82) is 5.26 Å². The molecule has 0 spiro atoms. The summed E-state index contributed by atoms with van der Waals surface area (Å²) in [5.41, 5.74) is 5.71. The van der Waals surface area contributed by atoms with Crippen LogP contribution in [0.15, 0.2) is 30.5 Å². The summed E-state index contributed by atoms with van der Waals surface area (Å²) in [5, 5.41) is 8.91. The Hall–Kier alpha value is -3.02. The largest absolute Gasteiger partial charge is 0.573 e. The molecule has 0 amide bonds. The van der Waals surface area contributed by atoms with Crippen molar-refractivity contribution in [3.8, 4) is 11.8 Å². The molecule has 0 saturated heterocycles. The fourth-order valence-corrected chi connectivity index (χ4v) is 2.15. The van der Waals surface area contributed by atoms with Gasteiger partial charge in [0, 0.05) is 18.3 Å². The molecule has 24 heavy (non-hydrogen) atoms. The molecule has 0 radical (unpaired) electrons. The smallest absolute Gasteiger partial charge is 0.404 e. The lowest BCUT2D eigenvalue weighted by Gasteiger charge is -2.29. The molecule has 1 aromatic heterocycles. The topological polar surface area (TPSA) is 88.1 Å². The molecule has 2 N–H and O–H groups in total. The number of hydrogen-bond donors (Lipinski definition) is 1. The first-order valence-corrected chi connectivity index (χ1v) is 6.89. The zero-order valence-corrected chi connectivity index (χ0v) is 12.9. The molecule has 1 aromatic carbocycles. The number of nitrogen functional groups attached to an aromatic ring is 1. The maximum absolute atomic E-state index is 12.7. The van der Waals surface area contributed by atoms with Crippen molar-refractivity contribution in [2.24, 2.45) is 0 Å². The Bertz CT molecular complexity index is 770. The number of halogens is 3. The molecule has 0 bridgehead atoms. The predicted octanol–water partition coefficient (Wildman–Crippen LogP) is 3.38. The minimum atomic E-state index is -4.89. The van der Waals surface area contributed by atoms with Gasteiger partial charge in [0.05, 0.1) is 17.3 Å². The average molecular weight is 337 g/mol. The number of benzene rings is 1. The number of alkyl halides is 3. The number of nitrogens with zero attached hydrogens (tertiary/aromatic N) is 4. The summed E-state index contributed by atoms with van der Waals surface area (Å²) < 4.78 is 42.2. The molecular weight excluding hydrogens is 323 g/mol. The number of nitriles is 1. The lowest BCUT2D eigenvalue weighted by atomic mass is 10.1. The van der Waals surface area contributed by atoms with Crippen molar-refractivity contribution < 1.29 is 17.9 Å². The van der Waals surface area contributed by atoms with E-state index >= 15 is 0 Å². The maximum atomic E-state index is 12.7. The monoisotopic (exact) mass is 337 g/mol. The molecule has 0 atom stereocenters. The van der Waals surface area contributed by atoms with Gasteiger partial charge in [-0.25, -0.2) is 4.98 Å². The van der Waals surface area contributed by atoms with E-state index in [0.717, 1.165) is 6.07 Å². The Morgan fingerprint density at radius 1 is 1.29 bits per heavy atom. The number of hydrogen-bond acceptors (Lipinski definition) is 6. The fraction of sp³-hybridized carbons (Fsp3) is 0.267. The number of nitrogens with two attached hydrogens (primary N) is 1. The standard InChI is InChI=1S/C15H14F3N5O/c1-9(2)23(13-5-6-21-14(20)22-13)11-4-3-10(8-19)7-12(11)24-15(16,17)18/h3-7,9H,1-2H3,(H2,20,21,22). The Morgan fingerprint density at radius 3 is 2.54 bits per heavy atom. The van der Waals surface area contributed by atoms with Crippen molar-refractivity contribution >= 4 is 17.5 Å². The minimum Gasteiger partial charge on any atom is -0.404 e. The molecule has 1 heterocycles. The van der Waals surface area contributed by atoms with Crippen LogP contribution < -0.4 is 15.4 Å². The molecule has 126 valence electrons. The van der Waals surface area contributed by atoms with Gasteiger partial charge in [0.1, 0.15) is 5.82 Å². The number of aromatic nitrogens is 2. The van der Waals surface area contributed by atoms with Gasteiger partial charge in [-0.2, -0.15) is 10.2 Å². The Balaban J connectivity index is 2.60. The molecule has 0 aliphatic heterocycles. The summed E-state index contributed by atoms with van der Waals surface area (Å²) in [4.78, 5) is 9.33. The van der Waals surface area contributed by atoms with Crippen molar-refractivity contribution in [2.45, 2.75) is 26.3 Å². The second-order valence-corrected chi connectivity index (χ2v) is 5.08. The van der Waals surface area contributed by atoms with Crippen LogP contribution in [0, 0.1) is 11.3 Å². The number of rotatable bonds is 4. The van der Waals surface area contributed by atoms with Gasteiger partial charge in [-0.1, -0.05) is 0 Å². The molecule has 2 aromatic rings. The fourth-order valence-electron chi connectivity index (χ4n) is 2.15. The molecule has 0 aliphatic carbocycles. The summed E-state index contributed by atoms with van der Waals surface area (Å²) >= 11 is 0. The van der Waals surface area contributed by atoms with E-state index in [4.69, 9.17) is 11.0 Å². The van der Waals surface area contributed by atoms with Crippen LogP contribution in [0.1, 0.15) is 19.4 Å². The molecule has 9 heteroatoms. The van der Waals surface area contributed by atoms with Crippen LogP contribution in [-0.4, -0.2) is 22.4 Å². The van der Waals surface area contributed by atoms with Gasteiger partial charge in [-0.05, 0) is 32.0 Å². The summed E-state index contributed by atoms with van der Waals surface area (Å²) in [6.45, 7) is 3.54. The van der Waals surface area contributed by atoms with Crippen LogP contribution in [0.4, 0.5) is 30.6 Å². The van der Waals surface area contributed by atoms with E-state index < -0.39 is 12.1 Å². The maximum Gasteiger partial charge on any atom is 0.573 e. The van der Waals surface area contributed by atoms with E-state index in [2.05, 4.69) is 14.7 Å². The van der Waals surface area contributed by atoms with Crippen molar-refractivity contribution in [2.75, 3.05) is 10.6 Å². The number of ether oxygens (including phenoxy) is 1. The molecule has 2 rings (SSSR count). The van der Waals surface area contributed by atoms with Crippen LogP contribution in [-0.2, 0) is 0 Å². The van der Waals surface area contributed by atoms with E-state index in [1.807, 2.05) is 0 Å². The predicted molar refractivity (Wildman–Crippen MR) is 81.6 cm³/mol. The van der Waals surface area contributed by atoms with Gasteiger partial charge in [-0.3, -0.25) is 0 Å². The van der Waals surface area contributed by atoms with Crippen LogP contribution in [0.2, 0.25) is 0 Å². The van der Waals surface area contributed by atoms with Crippen LogP contribution >= 0.6 is 0 Å². The minimum absolute atomic E-state index is 0.00918. The molecule has 6 nitrogen and oxygen atoms in total. The van der Waals surface area contributed by atoms with Gasteiger partial charge < -0.3 is 15.4 Å². The van der Waals surface area contributed by atoms with Crippen molar-refractivity contribution in [3.63, 3.8) is 0 Å². The first kappa shape index (κ1) is 17.3. The van der Waals surface area contributed by atoms with Gasteiger partial charge in [-0.15, -0.1) is 13.2 Å². The average Bonchev–Trinajstić information content (AvgIpc) is 2.47. The molecule has 0 fully saturated rings. The second-order valence-electron chi connectivity index (χ2n) is 5.08. The molecular formula is C15H14F3N5O.